The van der Waals surface area contributed by atoms with Crippen LogP contribution in [0, 0.1) is 11.8 Å². The molecule has 0 aromatic heterocycles. The van der Waals surface area contributed by atoms with Crippen molar-refractivity contribution in [2.24, 2.45) is 16.8 Å². The standard InChI is InChI=1S/C17H16N2O4/c20-16(21)10-5-7-19-8-6-12-13(15(19)14(10)17(22)23)9-3-1-2-4-11(9)18-12/h1-4,10,14H,5-8H2,(H,20,21)(H,22,23). The number of aliphatic imine (C=N–C) groups is 1. The van der Waals surface area contributed by atoms with Crippen molar-refractivity contribution in [1.82, 2.24) is 4.90 Å². The Hall–Kier alpha value is -2.63. The lowest BCUT2D eigenvalue weighted by molar-refractivity contribution is -0.154. The van der Waals surface area contributed by atoms with Crippen LogP contribution in [-0.4, -0.2) is 45.9 Å². The van der Waals surface area contributed by atoms with E-state index in [0.717, 1.165) is 29.0 Å². The Labute approximate surface area is 132 Å². The summed E-state index contributed by atoms with van der Waals surface area (Å²) < 4.78 is 0. The zero-order chi connectivity index (χ0) is 16.1. The van der Waals surface area contributed by atoms with Crippen LogP contribution in [-0.2, 0) is 9.59 Å². The Morgan fingerprint density at radius 1 is 1.13 bits per heavy atom. The van der Waals surface area contributed by atoms with Crippen molar-refractivity contribution in [2.45, 2.75) is 12.8 Å². The fourth-order valence-electron chi connectivity index (χ4n) is 3.92. The van der Waals surface area contributed by atoms with Gasteiger partial charge in [-0.2, -0.15) is 0 Å². The summed E-state index contributed by atoms with van der Waals surface area (Å²) in [4.78, 5) is 30.1. The lowest BCUT2D eigenvalue weighted by atomic mass is 9.77. The molecule has 6 nitrogen and oxygen atoms in total. The van der Waals surface area contributed by atoms with Crippen LogP contribution in [0.4, 0.5) is 5.69 Å². The molecule has 0 radical (unpaired) electrons. The van der Waals surface area contributed by atoms with E-state index in [1.165, 1.54) is 0 Å². The number of piperidine rings is 1. The molecule has 0 amide bonds. The van der Waals surface area contributed by atoms with E-state index in [2.05, 4.69) is 4.99 Å². The lowest BCUT2D eigenvalue weighted by Gasteiger charge is -2.42. The molecule has 1 aromatic carbocycles. The molecule has 6 heteroatoms. The number of carbonyl (C=O) groups is 2. The van der Waals surface area contributed by atoms with Gasteiger partial charge in [-0.1, -0.05) is 18.2 Å². The second kappa shape index (κ2) is 4.94. The Kier molecular flexibility index (Phi) is 3.01. The van der Waals surface area contributed by atoms with Gasteiger partial charge in [0, 0.05) is 36.3 Å². The van der Waals surface area contributed by atoms with Gasteiger partial charge in [0.2, 0.25) is 0 Å². The molecular formula is C17H16N2O4. The third-order valence-corrected chi connectivity index (χ3v) is 4.92. The molecule has 4 rings (SSSR count). The van der Waals surface area contributed by atoms with Gasteiger partial charge in [-0.3, -0.25) is 14.6 Å². The van der Waals surface area contributed by atoms with Gasteiger partial charge in [-0.25, -0.2) is 0 Å². The minimum atomic E-state index is -1.07. The number of hydrogen-bond acceptors (Lipinski definition) is 4. The van der Waals surface area contributed by atoms with Crippen molar-refractivity contribution >= 4 is 28.9 Å². The number of carboxylic acid groups (broad SMARTS) is 2. The average Bonchev–Trinajstić information content (AvgIpc) is 2.92. The first-order valence-corrected chi connectivity index (χ1v) is 7.70. The van der Waals surface area contributed by atoms with E-state index in [0.29, 0.717) is 25.2 Å². The fourth-order valence-corrected chi connectivity index (χ4v) is 3.92. The van der Waals surface area contributed by atoms with Gasteiger partial charge in [-0.15, -0.1) is 0 Å². The van der Waals surface area contributed by atoms with E-state index in [1.54, 1.807) is 0 Å². The molecule has 1 aromatic rings. The summed E-state index contributed by atoms with van der Waals surface area (Å²) in [5.41, 5.74) is 4.11. The number of carboxylic acids is 2. The predicted molar refractivity (Wildman–Crippen MR) is 83.5 cm³/mol. The molecule has 2 atom stereocenters. The van der Waals surface area contributed by atoms with Gasteiger partial charge >= 0.3 is 11.9 Å². The topological polar surface area (TPSA) is 90.2 Å². The van der Waals surface area contributed by atoms with Crippen molar-refractivity contribution in [1.29, 1.82) is 0 Å². The summed E-state index contributed by atoms with van der Waals surface area (Å²) in [5.74, 6) is -4.03. The second-order valence-electron chi connectivity index (χ2n) is 6.12. The lowest BCUT2D eigenvalue weighted by Crippen LogP contribution is -2.47. The summed E-state index contributed by atoms with van der Waals surface area (Å²) in [6.07, 6.45) is 1.12. The summed E-state index contributed by atoms with van der Waals surface area (Å²) in [6.45, 7) is 1.27. The quantitative estimate of drug-likeness (QED) is 0.871. The minimum Gasteiger partial charge on any atom is -0.481 e. The molecule has 118 valence electrons. The Morgan fingerprint density at radius 2 is 1.91 bits per heavy atom. The van der Waals surface area contributed by atoms with Crippen LogP contribution in [0.5, 0.6) is 0 Å². The summed E-state index contributed by atoms with van der Waals surface area (Å²) in [5, 5.41) is 19.1. The van der Waals surface area contributed by atoms with E-state index < -0.39 is 23.8 Å². The normalized spacial score (nSPS) is 25.4. The molecular weight excluding hydrogens is 296 g/mol. The highest BCUT2D eigenvalue weighted by Crippen LogP contribution is 2.46. The number of fused-ring (bicyclic) bond motifs is 4. The Balaban J connectivity index is 1.95. The van der Waals surface area contributed by atoms with Gasteiger partial charge in [0.15, 0.2) is 0 Å². The molecule has 2 unspecified atom stereocenters. The molecule has 3 aliphatic heterocycles. The van der Waals surface area contributed by atoms with E-state index in [-0.39, 0.29) is 0 Å². The van der Waals surface area contributed by atoms with Gasteiger partial charge in [-0.05, 0) is 12.5 Å². The smallest absolute Gasteiger partial charge is 0.313 e. The van der Waals surface area contributed by atoms with Gasteiger partial charge in [0.1, 0.15) is 5.92 Å². The van der Waals surface area contributed by atoms with Crippen molar-refractivity contribution in [3.8, 4) is 0 Å². The zero-order valence-corrected chi connectivity index (χ0v) is 12.4. The molecule has 0 spiro atoms. The van der Waals surface area contributed by atoms with Gasteiger partial charge < -0.3 is 15.1 Å². The summed E-state index contributed by atoms with van der Waals surface area (Å²) in [6, 6.07) is 7.64. The van der Waals surface area contributed by atoms with Crippen molar-refractivity contribution in [3.05, 3.63) is 35.5 Å². The molecule has 1 saturated heterocycles. The molecule has 0 saturated carbocycles. The maximum Gasteiger partial charge on any atom is 0.313 e. The van der Waals surface area contributed by atoms with Crippen LogP contribution in [0.25, 0.3) is 5.57 Å². The molecule has 0 aliphatic carbocycles. The van der Waals surface area contributed by atoms with E-state index in [4.69, 9.17) is 0 Å². The first-order valence-electron chi connectivity index (χ1n) is 7.70. The highest BCUT2D eigenvalue weighted by molar-refractivity contribution is 6.30. The Morgan fingerprint density at radius 3 is 2.65 bits per heavy atom. The van der Waals surface area contributed by atoms with E-state index >= 15 is 0 Å². The third kappa shape index (κ3) is 1.98. The SMILES string of the molecule is O=C(O)C1CCN2CCC3=Nc4ccccc4C3=C2C1C(=O)O. The summed E-state index contributed by atoms with van der Waals surface area (Å²) >= 11 is 0. The van der Waals surface area contributed by atoms with Gasteiger partial charge in [0.25, 0.3) is 0 Å². The number of benzene rings is 1. The number of aliphatic carboxylic acids is 2. The van der Waals surface area contributed by atoms with Crippen molar-refractivity contribution in [2.75, 3.05) is 13.1 Å². The molecule has 1 fully saturated rings. The van der Waals surface area contributed by atoms with Crippen LogP contribution in [0.2, 0.25) is 0 Å². The summed E-state index contributed by atoms with van der Waals surface area (Å²) in [7, 11) is 0. The van der Waals surface area contributed by atoms with Crippen molar-refractivity contribution < 1.29 is 19.8 Å². The number of para-hydroxylation sites is 1. The number of allylic oxidation sites excluding steroid dienone is 1. The van der Waals surface area contributed by atoms with Crippen LogP contribution in [0.3, 0.4) is 0 Å². The monoisotopic (exact) mass is 312 g/mol. The molecule has 23 heavy (non-hydrogen) atoms. The first kappa shape index (κ1) is 14.0. The number of rotatable bonds is 2. The Bertz CT molecular complexity index is 781. The van der Waals surface area contributed by atoms with Crippen molar-refractivity contribution in [3.63, 3.8) is 0 Å². The van der Waals surface area contributed by atoms with Crippen LogP contribution in [0.1, 0.15) is 18.4 Å². The minimum absolute atomic E-state index is 0.358. The molecule has 0 bridgehead atoms. The second-order valence-corrected chi connectivity index (χ2v) is 6.12. The predicted octanol–water partition coefficient (Wildman–Crippen LogP) is 1.99. The van der Waals surface area contributed by atoms with Crippen LogP contribution < -0.4 is 0 Å². The van der Waals surface area contributed by atoms with E-state index in [9.17, 15) is 19.8 Å². The maximum absolute atomic E-state index is 11.9. The zero-order valence-electron chi connectivity index (χ0n) is 12.4. The van der Waals surface area contributed by atoms with E-state index in [1.807, 2.05) is 29.2 Å². The molecule has 3 heterocycles. The largest absolute Gasteiger partial charge is 0.481 e. The van der Waals surface area contributed by atoms with Crippen LogP contribution in [0.15, 0.2) is 35.0 Å². The third-order valence-electron chi connectivity index (χ3n) is 4.92. The van der Waals surface area contributed by atoms with Crippen LogP contribution >= 0.6 is 0 Å². The fraction of sp³-hybridized carbons (Fsp3) is 0.353. The highest BCUT2D eigenvalue weighted by atomic mass is 16.4. The first-order chi connectivity index (χ1) is 11.1. The number of nitrogens with zero attached hydrogens (tertiary/aromatic N) is 2. The average molecular weight is 312 g/mol. The highest BCUT2D eigenvalue weighted by Gasteiger charge is 2.46. The van der Waals surface area contributed by atoms with Gasteiger partial charge in [0.05, 0.1) is 17.3 Å². The number of hydrogen-bond donors (Lipinski definition) is 2. The molecule has 2 N–H and O–H groups in total. The maximum atomic E-state index is 11.9. The molecule has 3 aliphatic rings.